The summed E-state index contributed by atoms with van der Waals surface area (Å²) in [5.74, 6) is 0.680. The molecule has 1 saturated heterocycles. The Labute approximate surface area is 108 Å². The number of hydrogen-bond acceptors (Lipinski definition) is 2. The van der Waals surface area contributed by atoms with Gasteiger partial charge in [0.2, 0.25) is 0 Å². The fourth-order valence-corrected chi connectivity index (χ4v) is 3.11. The predicted octanol–water partition coefficient (Wildman–Crippen LogP) is 1.68. The minimum absolute atomic E-state index is 0.0275. The Kier molecular flexibility index (Phi) is 4.44. The van der Waals surface area contributed by atoms with E-state index in [1.807, 2.05) is 4.90 Å². The Morgan fingerprint density at radius 3 is 2.44 bits per heavy atom. The number of aliphatic carboxylic acids is 1. The van der Waals surface area contributed by atoms with Crippen molar-refractivity contribution in [1.29, 1.82) is 0 Å². The molecule has 2 atom stereocenters. The number of carbonyl (C=O) groups is 2. The van der Waals surface area contributed by atoms with Crippen molar-refractivity contribution >= 4 is 12.0 Å². The van der Waals surface area contributed by atoms with E-state index >= 15 is 0 Å². The minimum atomic E-state index is -0.770. The third-order valence-electron chi connectivity index (χ3n) is 4.11. The van der Waals surface area contributed by atoms with Gasteiger partial charge in [-0.3, -0.25) is 4.79 Å². The van der Waals surface area contributed by atoms with Gasteiger partial charge in [0.1, 0.15) is 0 Å². The van der Waals surface area contributed by atoms with Crippen molar-refractivity contribution in [3.8, 4) is 0 Å². The molecule has 5 nitrogen and oxygen atoms in total. The molecule has 2 unspecified atom stereocenters. The minimum Gasteiger partial charge on any atom is -0.481 e. The van der Waals surface area contributed by atoms with Crippen molar-refractivity contribution in [3.05, 3.63) is 0 Å². The molecule has 5 heteroatoms. The number of amides is 2. The van der Waals surface area contributed by atoms with Gasteiger partial charge in [-0.05, 0) is 37.5 Å². The number of likely N-dealkylation sites (tertiary alicyclic amines) is 1. The van der Waals surface area contributed by atoms with Gasteiger partial charge < -0.3 is 15.3 Å². The predicted molar refractivity (Wildman–Crippen MR) is 67.3 cm³/mol. The van der Waals surface area contributed by atoms with E-state index in [1.165, 1.54) is 19.3 Å². The summed E-state index contributed by atoms with van der Waals surface area (Å²) >= 11 is 0. The fraction of sp³-hybridized carbons (Fsp3) is 0.846. The number of hydrogen-bond donors (Lipinski definition) is 2. The second-order valence-corrected chi connectivity index (χ2v) is 5.44. The van der Waals surface area contributed by atoms with Crippen molar-refractivity contribution in [2.75, 3.05) is 19.6 Å². The molecule has 2 amide bonds. The molecule has 18 heavy (non-hydrogen) atoms. The summed E-state index contributed by atoms with van der Waals surface area (Å²) in [6.45, 7) is 2.40. The van der Waals surface area contributed by atoms with Gasteiger partial charge in [0.15, 0.2) is 0 Å². The second kappa shape index (κ2) is 6.07. The topological polar surface area (TPSA) is 69.6 Å². The Morgan fingerprint density at radius 1 is 1.17 bits per heavy atom. The largest absolute Gasteiger partial charge is 0.481 e. The molecule has 2 N–H and O–H groups in total. The Balaban J connectivity index is 1.59. The number of carboxylic acid groups (broad SMARTS) is 1. The van der Waals surface area contributed by atoms with Crippen LogP contribution in [0.15, 0.2) is 0 Å². The van der Waals surface area contributed by atoms with Crippen LogP contribution in [0, 0.1) is 11.8 Å². The van der Waals surface area contributed by atoms with Crippen LogP contribution in [0.25, 0.3) is 0 Å². The summed E-state index contributed by atoms with van der Waals surface area (Å²) in [6, 6.07) is 0.0275. The fourth-order valence-electron chi connectivity index (χ4n) is 3.11. The lowest BCUT2D eigenvalue weighted by Crippen LogP contribution is -2.39. The van der Waals surface area contributed by atoms with Crippen molar-refractivity contribution in [1.82, 2.24) is 10.2 Å². The first kappa shape index (κ1) is 13.2. The van der Waals surface area contributed by atoms with E-state index in [0.717, 1.165) is 31.3 Å². The molecular weight excluding hydrogens is 232 g/mol. The maximum absolute atomic E-state index is 11.9. The van der Waals surface area contributed by atoms with Gasteiger partial charge in [0.25, 0.3) is 0 Å². The summed E-state index contributed by atoms with van der Waals surface area (Å²) in [7, 11) is 0. The van der Waals surface area contributed by atoms with Crippen LogP contribution < -0.4 is 5.32 Å². The molecule has 1 aliphatic heterocycles. The molecule has 0 aromatic carbocycles. The molecule has 0 aromatic rings. The number of nitrogens with zero attached hydrogens (tertiary/aromatic N) is 1. The average molecular weight is 254 g/mol. The highest BCUT2D eigenvalue weighted by atomic mass is 16.4. The lowest BCUT2D eigenvalue weighted by atomic mass is 10.0. The molecule has 102 valence electrons. The molecule has 2 fully saturated rings. The summed E-state index contributed by atoms with van der Waals surface area (Å²) < 4.78 is 0. The van der Waals surface area contributed by atoms with Crippen LogP contribution in [0.1, 0.15) is 38.5 Å². The quantitative estimate of drug-likeness (QED) is 0.733. The van der Waals surface area contributed by atoms with Gasteiger partial charge in [-0.15, -0.1) is 0 Å². The van der Waals surface area contributed by atoms with Crippen LogP contribution in [-0.2, 0) is 4.79 Å². The Bertz CT molecular complexity index is 307. The third kappa shape index (κ3) is 3.37. The first-order chi connectivity index (χ1) is 8.66. The third-order valence-corrected chi connectivity index (χ3v) is 4.11. The number of carbonyl (C=O) groups excluding carboxylic acids is 1. The van der Waals surface area contributed by atoms with E-state index in [-0.39, 0.29) is 12.5 Å². The zero-order valence-electron chi connectivity index (χ0n) is 10.7. The van der Waals surface area contributed by atoms with E-state index < -0.39 is 5.97 Å². The van der Waals surface area contributed by atoms with Crippen LogP contribution in [0.2, 0.25) is 0 Å². The van der Waals surface area contributed by atoms with Crippen molar-refractivity contribution in [3.63, 3.8) is 0 Å². The molecule has 0 bridgehead atoms. The van der Waals surface area contributed by atoms with Gasteiger partial charge in [-0.2, -0.15) is 0 Å². The van der Waals surface area contributed by atoms with Gasteiger partial charge >= 0.3 is 12.0 Å². The van der Waals surface area contributed by atoms with Crippen molar-refractivity contribution in [2.45, 2.75) is 38.5 Å². The van der Waals surface area contributed by atoms with Crippen LogP contribution in [0.5, 0.6) is 0 Å². The standard InChI is InChI=1S/C13H22N2O3/c16-12(17)6-1-2-7-14-13(18)15-8-10-4-3-5-11(10)9-15/h10-11H,1-9H2,(H,14,18)(H,16,17). The summed E-state index contributed by atoms with van der Waals surface area (Å²) in [5, 5.41) is 11.4. The second-order valence-electron chi connectivity index (χ2n) is 5.44. The van der Waals surface area contributed by atoms with E-state index in [1.54, 1.807) is 0 Å². The van der Waals surface area contributed by atoms with Gasteiger partial charge in [-0.25, -0.2) is 4.79 Å². The van der Waals surface area contributed by atoms with E-state index in [9.17, 15) is 9.59 Å². The molecule has 0 aromatic heterocycles. The molecule has 1 saturated carbocycles. The molecule has 1 heterocycles. The Morgan fingerprint density at radius 2 is 1.83 bits per heavy atom. The zero-order valence-corrected chi connectivity index (χ0v) is 10.7. The smallest absolute Gasteiger partial charge is 0.317 e. The molecule has 1 aliphatic carbocycles. The number of fused-ring (bicyclic) bond motifs is 1. The molecule has 2 aliphatic rings. The van der Waals surface area contributed by atoms with Crippen molar-refractivity contribution < 1.29 is 14.7 Å². The average Bonchev–Trinajstić information content (AvgIpc) is 2.87. The number of rotatable bonds is 5. The van der Waals surface area contributed by atoms with Crippen molar-refractivity contribution in [2.24, 2.45) is 11.8 Å². The number of nitrogens with one attached hydrogen (secondary N) is 1. The number of carboxylic acids is 1. The molecular formula is C13H22N2O3. The SMILES string of the molecule is O=C(O)CCCCNC(=O)N1CC2CCCC2C1. The maximum Gasteiger partial charge on any atom is 0.317 e. The highest BCUT2D eigenvalue weighted by Crippen LogP contribution is 2.37. The zero-order chi connectivity index (χ0) is 13.0. The summed E-state index contributed by atoms with van der Waals surface area (Å²) in [6.07, 6.45) is 5.41. The first-order valence-electron chi connectivity index (χ1n) is 6.91. The Hall–Kier alpha value is -1.26. The maximum atomic E-state index is 11.9. The monoisotopic (exact) mass is 254 g/mol. The van der Waals surface area contributed by atoms with E-state index in [0.29, 0.717) is 13.0 Å². The summed E-state index contributed by atoms with van der Waals surface area (Å²) in [5.41, 5.74) is 0. The van der Waals surface area contributed by atoms with Gasteiger partial charge in [-0.1, -0.05) is 6.42 Å². The highest BCUT2D eigenvalue weighted by Gasteiger charge is 2.37. The van der Waals surface area contributed by atoms with Crippen LogP contribution in [0.3, 0.4) is 0 Å². The van der Waals surface area contributed by atoms with Gasteiger partial charge in [0.05, 0.1) is 0 Å². The molecule has 2 rings (SSSR count). The summed E-state index contributed by atoms with van der Waals surface area (Å²) in [4.78, 5) is 24.1. The number of unbranched alkanes of at least 4 members (excludes halogenated alkanes) is 1. The first-order valence-corrected chi connectivity index (χ1v) is 6.91. The normalized spacial score (nSPS) is 26.1. The lowest BCUT2D eigenvalue weighted by molar-refractivity contribution is -0.137. The lowest BCUT2D eigenvalue weighted by Gasteiger charge is -2.17. The van der Waals surface area contributed by atoms with E-state index in [2.05, 4.69) is 5.32 Å². The van der Waals surface area contributed by atoms with Crippen LogP contribution >= 0.6 is 0 Å². The van der Waals surface area contributed by atoms with E-state index in [4.69, 9.17) is 5.11 Å². The van der Waals surface area contributed by atoms with Crippen LogP contribution in [0.4, 0.5) is 4.79 Å². The van der Waals surface area contributed by atoms with Gasteiger partial charge in [0, 0.05) is 26.1 Å². The number of urea groups is 1. The molecule has 0 radical (unpaired) electrons. The molecule has 0 spiro atoms. The van der Waals surface area contributed by atoms with Crippen LogP contribution in [-0.4, -0.2) is 41.6 Å². The highest BCUT2D eigenvalue weighted by molar-refractivity contribution is 5.74.